The second kappa shape index (κ2) is 6.36. The van der Waals surface area contributed by atoms with Gasteiger partial charge in [0.15, 0.2) is 0 Å². The molecule has 3 N–H and O–H groups in total. The number of thioether (sulfide) groups is 1. The van der Waals surface area contributed by atoms with Crippen LogP contribution in [0.25, 0.3) is 0 Å². The molecule has 0 saturated carbocycles. The van der Waals surface area contributed by atoms with E-state index in [1.54, 1.807) is 0 Å². The Morgan fingerprint density at radius 3 is 2.45 bits per heavy atom. The molecule has 1 atom stereocenters. The standard InChI is InChI=1S/C11H10ClF3N2O2S/c1-5(20-11(13,14)15)10(19)17-6-2-3-7(9(16)18)8(12)4-6/h2-5H,1H3,(H2,16,18)(H,17,19). The van der Waals surface area contributed by atoms with E-state index in [0.29, 0.717) is 0 Å². The smallest absolute Gasteiger partial charge is 0.366 e. The molecule has 0 aromatic heterocycles. The maximum atomic E-state index is 12.1. The van der Waals surface area contributed by atoms with Crippen LogP contribution in [0.5, 0.6) is 0 Å². The molecule has 1 unspecified atom stereocenters. The second-order valence-electron chi connectivity index (χ2n) is 3.75. The fraction of sp³-hybridized carbons (Fsp3) is 0.273. The van der Waals surface area contributed by atoms with Crippen molar-refractivity contribution < 1.29 is 22.8 Å². The second-order valence-corrected chi connectivity index (χ2v) is 5.57. The van der Waals surface area contributed by atoms with Gasteiger partial charge in [0.25, 0.3) is 0 Å². The summed E-state index contributed by atoms with van der Waals surface area (Å²) in [5, 5.41) is 0.966. The molecule has 0 fully saturated rings. The minimum absolute atomic E-state index is 0.00595. The third-order valence-electron chi connectivity index (χ3n) is 2.18. The van der Waals surface area contributed by atoms with Gasteiger partial charge >= 0.3 is 5.51 Å². The zero-order valence-electron chi connectivity index (χ0n) is 10.1. The van der Waals surface area contributed by atoms with Crippen LogP contribution in [-0.2, 0) is 4.79 Å². The van der Waals surface area contributed by atoms with E-state index in [2.05, 4.69) is 5.32 Å². The summed E-state index contributed by atoms with van der Waals surface area (Å²) in [6, 6.07) is 3.85. The van der Waals surface area contributed by atoms with Crippen molar-refractivity contribution in [1.82, 2.24) is 0 Å². The Bertz CT molecular complexity index is 537. The van der Waals surface area contributed by atoms with Crippen LogP contribution in [0, 0.1) is 0 Å². The van der Waals surface area contributed by atoms with Gasteiger partial charge in [-0.15, -0.1) is 0 Å². The van der Waals surface area contributed by atoms with Gasteiger partial charge in [-0.25, -0.2) is 0 Å². The molecule has 4 nitrogen and oxygen atoms in total. The largest absolute Gasteiger partial charge is 0.442 e. The Morgan fingerprint density at radius 1 is 1.40 bits per heavy atom. The predicted octanol–water partition coefficient (Wildman–Crippen LogP) is 3.02. The fourth-order valence-corrected chi connectivity index (χ4v) is 2.13. The van der Waals surface area contributed by atoms with E-state index in [9.17, 15) is 22.8 Å². The Balaban J connectivity index is 2.76. The number of primary amides is 1. The van der Waals surface area contributed by atoms with Gasteiger partial charge in [0.2, 0.25) is 11.8 Å². The van der Waals surface area contributed by atoms with Gasteiger partial charge in [-0.05, 0) is 36.9 Å². The monoisotopic (exact) mass is 326 g/mol. The van der Waals surface area contributed by atoms with Crippen molar-refractivity contribution in [2.45, 2.75) is 17.7 Å². The maximum Gasteiger partial charge on any atom is 0.442 e. The molecule has 0 aliphatic heterocycles. The quantitative estimate of drug-likeness (QED) is 0.893. The van der Waals surface area contributed by atoms with E-state index in [-0.39, 0.29) is 16.3 Å². The first-order chi connectivity index (χ1) is 9.10. The summed E-state index contributed by atoms with van der Waals surface area (Å²) in [4.78, 5) is 22.5. The third kappa shape index (κ3) is 4.93. The molecule has 1 aromatic carbocycles. The van der Waals surface area contributed by atoms with E-state index in [1.807, 2.05) is 0 Å². The molecular formula is C11H10ClF3N2O2S. The first kappa shape index (κ1) is 16.6. The summed E-state index contributed by atoms with van der Waals surface area (Å²) in [6.45, 7) is 1.13. The maximum absolute atomic E-state index is 12.1. The zero-order chi connectivity index (χ0) is 15.5. The molecular weight excluding hydrogens is 317 g/mol. The fourth-order valence-electron chi connectivity index (χ4n) is 1.29. The van der Waals surface area contributed by atoms with Gasteiger partial charge in [0, 0.05) is 5.69 Å². The Kier molecular flexibility index (Phi) is 5.29. The number of benzene rings is 1. The van der Waals surface area contributed by atoms with Gasteiger partial charge in [-0.1, -0.05) is 11.6 Å². The molecule has 1 aromatic rings. The van der Waals surface area contributed by atoms with Crippen molar-refractivity contribution in [3.63, 3.8) is 0 Å². The number of amides is 2. The molecule has 9 heteroatoms. The highest BCUT2D eigenvalue weighted by Crippen LogP contribution is 2.34. The lowest BCUT2D eigenvalue weighted by Crippen LogP contribution is -2.25. The van der Waals surface area contributed by atoms with Crippen molar-refractivity contribution in [2.24, 2.45) is 5.73 Å². The molecule has 0 aliphatic rings. The first-order valence-corrected chi connectivity index (χ1v) is 6.50. The number of hydrogen-bond donors (Lipinski definition) is 2. The number of hydrogen-bond acceptors (Lipinski definition) is 3. The lowest BCUT2D eigenvalue weighted by molar-refractivity contribution is -0.115. The summed E-state index contributed by atoms with van der Waals surface area (Å²) in [7, 11) is 0. The average Bonchev–Trinajstić information content (AvgIpc) is 2.26. The van der Waals surface area contributed by atoms with E-state index in [4.69, 9.17) is 17.3 Å². The van der Waals surface area contributed by atoms with Crippen LogP contribution in [0.3, 0.4) is 0 Å². The van der Waals surface area contributed by atoms with Crippen LogP contribution >= 0.6 is 23.4 Å². The Hall–Kier alpha value is -1.41. The molecule has 0 radical (unpaired) electrons. The number of halogens is 4. The van der Waals surface area contributed by atoms with E-state index in [1.165, 1.54) is 18.2 Å². The number of nitrogens with two attached hydrogens (primary N) is 1. The number of anilines is 1. The molecule has 110 valence electrons. The van der Waals surface area contributed by atoms with Crippen LogP contribution in [0.1, 0.15) is 17.3 Å². The lowest BCUT2D eigenvalue weighted by atomic mass is 10.2. The van der Waals surface area contributed by atoms with Crippen molar-refractivity contribution >= 4 is 40.9 Å². The van der Waals surface area contributed by atoms with Crippen molar-refractivity contribution in [2.75, 3.05) is 5.32 Å². The number of carbonyl (C=O) groups is 2. The molecule has 0 spiro atoms. The Morgan fingerprint density at radius 2 is 2.00 bits per heavy atom. The van der Waals surface area contributed by atoms with Crippen LogP contribution in [0.15, 0.2) is 18.2 Å². The van der Waals surface area contributed by atoms with Crippen LogP contribution in [0.2, 0.25) is 5.02 Å². The van der Waals surface area contributed by atoms with Crippen molar-refractivity contribution in [3.05, 3.63) is 28.8 Å². The van der Waals surface area contributed by atoms with Crippen LogP contribution in [0.4, 0.5) is 18.9 Å². The third-order valence-corrected chi connectivity index (χ3v) is 3.33. The number of carbonyl (C=O) groups excluding carboxylic acids is 2. The summed E-state index contributed by atoms with van der Waals surface area (Å²) in [6.07, 6.45) is 0. The van der Waals surface area contributed by atoms with Gasteiger partial charge in [0.1, 0.15) is 0 Å². The molecule has 2 amide bonds. The summed E-state index contributed by atoms with van der Waals surface area (Å²) >= 11 is 5.33. The van der Waals surface area contributed by atoms with Crippen molar-refractivity contribution in [3.8, 4) is 0 Å². The average molecular weight is 327 g/mol. The van der Waals surface area contributed by atoms with Crippen LogP contribution < -0.4 is 11.1 Å². The van der Waals surface area contributed by atoms with Crippen LogP contribution in [-0.4, -0.2) is 22.6 Å². The van der Waals surface area contributed by atoms with Gasteiger partial charge in [-0.2, -0.15) is 13.2 Å². The Labute approximate surface area is 121 Å². The number of alkyl halides is 3. The molecule has 20 heavy (non-hydrogen) atoms. The van der Waals surface area contributed by atoms with Gasteiger partial charge in [-0.3, -0.25) is 9.59 Å². The molecule has 0 heterocycles. The lowest BCUT2D eigenvalue weighted by Gasteiger charge is -2.14. The minimum Gasteiger partial charge on any atom is -0.366 e. The van der Waals surface area contributed by atoms with Crippen molar-refractivity contribution in [1.29, 1.82) is 0 Å². The van der Waals surface area contributed by atoms with Gasteiger partial charge < -0.3 is 11.1 Å². The van der Waals surface area contributed by atoms with E-state index in [0.717, 1.165) is 6.92 Å². The highest BCUT2D eigenvalue weighted by Gasteiger charge is 2.34. The molecule has 0 aliphatic carbocycles. The molecule has 0 saturated heterocycles. The SMILES string of the molecule is CC(SC(F)(F)F)C(=O)Nc1ccc(C(N)=O)c(Cl)c1. The normalized spacial score (nSPS) is 12.8. The minimum atomic E-state index is -4.50. The molecule has 1 rings (SSSR count). The van der Waals surface area contributed by atoms with E-state index >= 15 is 0 Å². The topological polar surface area (TPSA) is 72.2 Å². The number of nitrogens with one attached hydrogen (secondary N) is 1. The summed E-state index contributed by atoms with van der Waals surface area (Å²) in [5.41, 5.74) is 0.787. The predicted molar refractivity (Wildman–Crippen MR) is 71.7 cm³/mol. The summed E-state index contributed by atoms with van der Waals surface area (Å²) < 4.78 is 36.4. The highest BCUT2D eigenvalue weighted by atomic mass is 35.5. The first-order valence-electron chi connectivity index (χ1n) is 5.25. The van der Waals surface area contributed by atoms with Gasteiger partial charge in [0.05, 0.1) is 15.8 Å². The zero-order valence-corrected chi connectivity index (χ0v) is 11.7. The molecule has 0 bridgehead atoms. The summed E-state index contributed by atoms with van der Waals surface area (Å²) in [5.74, 6) is -1.57. The highest BCUT2D eigenvalue weighted by molar-refractivity contribution is 8.01. The van der Waals surface area contributed by atoms with E-state index < -0.39 is 34.3 Å². The number of rotatable bonds is 4.